The van der Waals surface area contributed by atoms with E-state index in [1.165, 1.54) is 0 Å². The Morgan fingerprint density at radius 2 is 1.85 bits per heavy atom. The van der Waals surface area contributed by atoms with Gasteiger partial charge in [-0.25, -0.2) is 0 Å². The Labute approximate surface area is 113 Å². The number of nitrogens with zero attached hydrogens (tertiary/aromatic N) is 3. The van der Waals surface area contributed by atoms with Crippen LogP contribution >= 0.6 is 0 Å². The highest BCUT2D eigenvalue weighted by Gasteiger charge is 2.48. The van der Waals surface area contributed by atoms with E-state index in [1.54, 1.807) is 0 Å². The number of azide groups is 1. The number of carbonyl (C=O) groups excluding carboxylic acids is 2. The van der Waals surface area contributed by atoms with E-state index in [4.69, 9.17) is 19.7 Å². The summed E-state index contributed by atoms with van der Waals surface area (Å²) in [6, 6.07) is -1.30. The molecule has 0 amide bonds. The molecular formula is C10H15N3O7. The van der Waals surface area contributed by atoms with E-state index in [-0.39, 0.29) is 0 Å². The molecule has 1 aliphatic heterocycles. The van der Waals surface area contributed by atoms with E-state index in [2.05, 4.69) is 10.0 Å². The molecule has 5 atom stereocenters. The van der Waals surface area contributed by atoms with Crippen LogP contribution < -0.4 is 0 Å². The smallest absolute Gasteiger partial charge is 0.303 e. The number of rotatable bonds is 4. The van der Waals surface area contributed by atoms with Crippen molar-refractivity contribution in [2.75, 3.05) is 6.61 Å². The molecule has 20 heavy (non-hydrogen) atoms. The van der Waals surface area contributed by atoms with Crippen molar-refractivity contribution in [3.8, 4) is 0 Å². The minimum absolute atomic E-state index is 0.588. The Hall–Kier alpha value is -1.87. The van der Waals surface area contributed by atoms with Gasteiger partial charge in [0.25, 0.3) is 0 Å². The highest BCUT2D eigenvalue weighted by Crippen LogP contribution is 2.27. The lowest BCUT2D eigenvalue weighted by Crippen LogP contribution is -2.60. The average molecular weight is 289 g/mol. The van der Waals surface area contributed by atoms with E-state index >= 15 is 0 Å². The molecular weight excluding hydrogens is 274 g/mol. The number of esters is 2. The summed E-state index contributed by atoms with van der Waals surface area (Å²) in [5.41, 5.74) is 8.47. The maximum absolute atomic E-state index is 11.1. The molecule has 1 fully saturated rings. The lowest BCUT2D eigenvalue weighted by Gasteiger charge is -2.41. The van der Waals surface area contributed by atoms with Gasteiger partial charge in [0.1, 0.15) is 12.1 Å². The quantitative estimate of drug-likeness (QED) is 0.298. The highest BCUT2D eigenvalue weighted by atomic mass is 16.7. The minimum Gasteiger partial charge on any atom is -0.458 e. The van der Waals surface area contributed by atoms with Crippen LogP contribution in [0.5, 0.6) is 0 Å². The van der Waals surface area contributed by atoms with Gasteiger partial charge in [-0.15, -0.1) is 0 Å². The molecule has 10 heteroatoms. The van der Waals surface area contributed by atoms with E-state index in [9.17, 15) is 19.8 Å². The first-order valence-corrected chi connectivity index (χ1v) is 5.73. The average Bonchev–Trinajstić information content (AvgIpc) is 2.35. The van der Waals surface area contributed by atoms with Gasteiger partial charge in [-0.05, 0) is 5.53 Å². The van der Waals surface area contributed by atoms with Crippen LogP contribution in [0, 0.1) is 0 Å². The molecule has 2 N–H and O–H groups in total. The second-order valence-electron chi connectivity index (χ2n) is 4.09. The standard InChI is InChI=1S/C10H15N3O7/c1-4(15)18-8-6(3-14)20-10(17)7(12-13-11)9(8)19-5(2)16/h6-10,14,17H,3H2,1-2H3/t6-,7-,8-,9-,10?/m1/s1. The van der Waals surface area contributed by atoms with Crippen molar-refractivity contribution in [2.24, 2.45) is 5.11 Å². The largest absolute Gasteiger partial charge is 0.458 e. The Balaban J connectivity index is 3.10. The molecule has 1 saturated heterocycles. The van der Waals surface area contributed by atoms with E-state index in [0.717, 1.165) is 13.8 Å². The monoisotopic (exact) mass is 289 g/mol. The summed E-state index contributed by atoms with van der Waals surface area (Å²) in [6.07, 6.45) is -5.16. The number of carbonyl (C=O) groups is 2. The van der Waals surface area contributed by atoms with Crippen molar-refractivity contribution < 1.29 is 34.0 Å². The van der Waals surface area contributed by atoms with Gasteiger partial charge in [-0.3, -0.25) is 9.59 Å². The van der Waals surface area contributed by atoms with Gasteiger partial charge >= 0.3 is 11.9 Å². The van der Waals surface area contributed by atoms with Crippen molar-refractivity contribution in [2.45, 2.75) is 44.5 Å². The van der Waals surface area contributed by atoms with Crippen molar-refractivity contribution in [1.82, 2.24) is 0 Å². The van der Waals surface area contributed by atoms with Crippen molar-refractivity contribution in [3.63, 3.8) is 0 Å². The third-order valence-electron chi connectivity index (χ3n) is 2.60. The Morgan fingerprint density at radius 1 is 1.30 bits per heavy atom. The molecule has 112 valence electrons. The first-order chi connectivity index (χ1) is 9.40. The fourth-order valence-corrected chi connectivity index (χ4v) is 1.90. The fourth-order valence-electron chi connectivity index (χ4n) is 1.90. The van der Waals surface area contributed by atoms with Crippen molar-refractivity contribution in [1.29, 1.82) is 0 Å². The maximum atomic E-state index is 11.1. The summed E-state index contributed by atoms with van der Waals surface area (Å²) >= 11 is 0. The van der Waals surface area contributed by atoms with Gasteiger partial charge in [-0.1, -0.05) is 5.11 Å². The van der Waals surface area contributed by atoms with E-state index < -0.39 is 49.2 Å². The van der Waals surface area contributed by atoms with Crippen LogP contribution in [0.25, 0.3) is 10.4 Å². The zero-order valence-corrected chi connectivity index (χ0v) is 10.9. The summed E-state index contributed by atoms with van der Waals surface area (Å²) in [5.74, 6) is -1.43. The second-order valence-corrected chi connectivity index (χ2v) is 4.09. The molecule has 0 aliphatic carbocycles. The van der Waals surface area contributed by atoms with Crippen molar-refractivity contribution >= 4 is 11.9 Å². The number of ether oxygens (including phenoxy) is 3. The zero-order chi connectivity index (χ0) is 15.3. The van der Waals surface area contributed by atoms with Crippen LogP contribution in [-0.2, 0) is 23.8 Å². The summed E-state index contributed by atoms with van der Waals surface area (Å²) < 4.78 is 14.9. The lowest BCUT2D eigenvalue weighted by molar-refractivity contribution is -0.258. The summed E-state index contributed by atoms with van der Waals surface area (Å²) in [6.45, 7) is 1.64. The summed E-state index contributed by atoms with van der Waals surface area (Å²) in [5, 5.41) is 22.2. The lowest BCUT2D eigenvalue weighted by atomic mass is 9.97. The van der Waals surface area contributed by atoms with Gasteiger partial charge in [0, 0.05) is 18.8 Å². The molecule has 1 aliphatic rings. The highest BCUT2D eigenvalue weighted by molar-refractivity contribution is 5.67. The number of aliphatic hydroxyl groups is 2. The number of aliphatic hydroxyl groups excluding tert-OH is 2. The van der Waals surface area contributed by atoms with Gasteiger partial charge in [-0.2, -0.15) is 0 Å². The van der Waals surface area contributed by atoms with Crippen LogP contribution in [0.2, 0.25) is 0 Å². The normalized spacial score (nSPS) is 32.9. The number of hydrogen-bond acceptors (Lipinski definition) is 8. The second kappa shape index (κ2) is 7.06. The fraction of sp³-hybridized carbons (Fsp3) is 0.800. The van der Waals surface area contributed by atoms with Crippen LogP contribution in [0.15, 0.2) is 5.11 Å². The van der Waals surface area contributed by atoms with Crippen molar-refractivity contribution in [3.05, 3.63) is 10.4 Å². The molecule has 1 heterocycles. The maximum Gasteiger partial charge on any atom is 0.303 e. The molecule has 0 saturated carbocycles. The SMILES string of the molecule is CC(=O)O[C@H]1[C@H](OC(C)=O)[C@@H](N=[N+]=[N-])C(O)O[C@@H]1CO. The third-order valence-corrected chi connectivity index (χ3v) is 2.60. The molecule has 0 aromatic rings. The molecule has 1 unspecified atom stereocenters. The molecule has 1 rings (SSSR count). The zero-order valence-electron chi connectivity index (χ0n) is 10.9. The van der Waals surface area contributed by atoms with Crippen LogP contribution in [0.3, 0.4) is 0 Å². The van der Waals surface area contributed by atoms with Gasteiger partial charge in [0.05, 0.1) is 6.61 Å². The topological polar surface area (TPSA) is 151 Å². The molecule has 0 aromatic heterocycles. The molecule has 0 spiro atoms. The molecule has 0 bridgehead atoms. The van der Waals surface area contributed by atoms with Crippen LogP contribution in [0.4, 0.5) is 0 Å². The Bertz CT molecular complexity index is 423. The summed E-state index contributed by atoms with van der Waals surface area (Å²) in [7, 11) is 0. The minimum atomic E-state index is -1.60. The first kappa shape index (κ1) is 16.2. The van der Waals surface area contributed by atoms with Gasteiger partial charge in [0.2, 0.25) is 0 Å². The Morgan fingerprint density at radius 3 is 2.30 bits per heavy atom. The summed E-state index contributed by atoms with van der Waals surface area (Å²) in [4.78, 5) is 24.7. The first-order valence-electron chi connectivity index (χ1n) is 5.73. The van der Waals surface area contributed by atoms with Gasteiger partial charge < -0.3 is 24.4 Å². The van der Waals surface area contributed by atoms with Gasteiger partial charge in [0.15, 0.2) is 18.5 Å². The van der Waals surface area contributed by atoms with Crippen LogP contribution in [0.1, 0.15) is 13.8 Å². The Kier molecular flexibility index (Phi) is 5.71. The predicted molar refractivity (Wildman–Crippen MR) is 62.0 cm³/mol. The third kappa shape index (κ3) is 3.81. The number of hydrogen-bond donors (Lipinski definition) is 2. The van der Waals surface area contributed by atoms with Crippen LogP contribution in [-0.4, -0.2) is 59.4 Å². The molecule has 10 nitrogen and oxygen atoms in total. The van der Waals surface area contributed by atoms with E-state index in [0.29, 0.717) is 0 Å². The molecule has 0 aromatic carbocycles. The molecule has 0 radical (unpaired) electrons. The van der Waals surface area contributed by atoms with E-state index in [1.807, 2.05) is 0 Å². The predicted octanol–water partition coefficient (Wildman–Crippen LogP) is -0.762.